The Bertz CT molecular complexity index is 210. The van der Waals surface area contributed by atoms with Gasteiger partial charge in [0.15, 0.2) is 0 Å². The fraction of sp³-hybridized carbons (Fsp3) is 0.750. The lowest BCUT2D eigenvalue weighted by atomic mass is 10.2. The summed E-state index contributed by atoms with van der Waals surface area (Å²) < 4.78 is 0. The zero-order chi connectivity index (χ0) is 11.8. The molecular weight excluding hydrogens is 188 g/mol. The summed E-state index contributed by atoms with van der Waals surface area (Å²) in [5.74, 6) is -0.0398. The molecule has 0 fully saturated rings. The lowest BCUT2D eigenvalue weighted by Gasteiger charge is -2.21. The van der Waals surface area contributed by atoms with Gasteiger partial charge in [0.2, 0.25) is 5.91 Å². The van der Waals surface area contributed by atoms with Gasteiger partial charge in [-0.15, -0.1) is 0 Å². The van der Waals surface area contributed by atoms with E-state index in [-0.39, 0.29) is 11.9 Å². The topological polar surface area (TPSA) is 32.3 Å². The molecule has 0 radical (unpaired) electrons. The van der Waals surface area contributed by atoms with Crippen LogP contribution >= 0.6 is 0 Å². The van der Waals surface area contributed by atoms with E-state index in [9.17, 15) is 4.79 Å². The van der Waals surface area contributed by atoms with Crippen molar-refractivity contribution in [2.75, 3.05) is 19.6 Å². The first-order valence-electron chi connectivity index (χ1n) is 5.69. The van der Waals surface area contributed by atoms with E-state index in [0.717, 1.165) is 26.1 Å². The molecule has 1 amide bonds. The van der Waals surface area contributed by atoms with E-state index in [1.807, 2.05) is 6.92 Å². The fourth-order valence-electron chi connectivity index (χ4n) is 1.34. The highest BCUT2D eigenvalue weighted by Crippen LogP contribution is 1.97. The van der Waals surface area contributed by atoms with Crippen molar-refractivity contribution in [3.63, 3.8) is 0 Å². The van der Waals surface area contributed by atoms with Crippen molar-refractivity contribution in [1.29, 1.82) is 0 Å². The molecule has 0 aromatic heterocycles. The van der Waals surface area contributed by atoms with Crippen LogP contribution in [0.3, 0.4) is 0 Å². The van der Waals surface area contributed by atoms with Gasteiger partial charge in [0.05, 0.1) is 0 Å². The summed E-state index contributed by atoms with van der Waals surface area (Å²) in [7, 11) is 0. The van der Waals surface area contributed by atoms with Crippen LogP contribution < -0.4 is 5.32 Å². The second-order valence-electron chi connectivity index (χ2n) is 3.97. The van der Waals surface area contributed by atoms with E-state index < -0.39 is 0 Å². The van der Waals surface area contributed by atoms with Crippen molar-refractivity contribution in [2.45, 2.75) is 40.2 Å². The van der Waals surface area contributed by atoms with Crippen LogP contribution in [-0.4, -0.2) is 36.5 Å². The molecule has 0 rings (SSSR count). The summed E-state index contributed by atoms with van der Waals surface area (Å²) >= 11 is 0. The van der Waals surface area contributed by atoms with Crippen LogP contribution in [-0.2, 0) is 4.79 Å². The quantitative estimate of drug-likeness (QED) is 0.653. The Balaban J connectivity index is 3.79. The van der Waals surface area contributed by atoms with Gasteiger partial charge in [-0.2, -0.15) is 0 Å². The van der Waals surface area contributed by atoms with Crippen LogP contribution in [0.2, 0.25) is 0 Å². The number of nitrogens with one attached hydrogen (secondary N) is 1. The number of rotatable bonds is 7. The zero-order valence-corrected chi connectivity index (χ0v) is 10.5. The van der Waals surface area contributed by atoms with Crippen molar-refractivity contribution in [3.05, 3.63) is 12.2 Å². The maximum absolute atomic E-state index is 11.3. The molecule has 15 heavy (non-hydrogen) atoms. The highest BCUT2D eigenvalue weighted by Gasteiger charge is 2.08. The van der Waals surface area contributed by atoms with Crippen molar-refractivity contribution < 1.29 is 4.79 Å². The third-order valence-electron chi connectivity index (χ3n) is 2.54. The van der Waals surface area contributed by atoms with Gasteiger partial charge in [0.25, 0.3) is 0 Å². The first kappa shape index (κ1) is 14.2. The maximum atomic E-state index is 11.3. The Kier molecular flexibility index (Phi) is 7.05. The lowest BCUT2D eigenvalue weighted by Crippen LogP contribution is -2.36. The Morgan fingerprint density at radius 1 is 1.40 bits per heavy atom. The van der Waals surface area contributed by atoms with E-state index in [4.69, 9.17) is 0 Å². The summed E-state index contributed by atoms with van der Waals surface area (Å²) in [4.78, 5) is 13.7. The molecule has 3 heteroatoms. The number of amides is 1. The highest BCUT2D eigenvalue weighted by atomic mass is 16.1. The molecular formula is C12H24N2O. The first-order chi connectivity index (χ1) is 7.01. The van der Waals surface area contributed by atoms with Gasteiger partial charge in [-0.05, 0) is 33.4 Å². The van der Waals surface area contributed by atoms with Gasteiger partial charge in [0.1, 0.15) is 0 Å². The normalized spacial score (nSPS) is 12.6. The molecule has 0 aromatic carbocycles. The number of carbonyl (C=O) groups excluding carboxylic acids is 1. The van der Waals surface area contributed by atoms with Gasteiger partial charge < -0.3 is 10.2 Å². The van der Waals surface area contributed by atoms with E-state index in [1.54, 1.807) is 6.92 Å². The number of carbonyl (C=O) groups is 1. The van der Waals surface area contributed by atoms with E-state index in [0.29, 0.717) is 5.57 Å². The van der Waals surface area contributed by atoms with Crippen molar-refractivity contribution in [2.24, 2.45) is 0 Å². The molecule has 0 saturated carbocycles. The second-order valence-corrected chi connectivity index (χ2v) is 3.97. The molecule has 1 atom stereocenters. The molecule has 1 unspecified atom stereocenters. The van der Waals surface area contributed by atoms with Crippen LogP contribution in [0.4, 0.5) is 0 Å². The largest absolute Gasteiger partial charge is 0.350 e. The number of hydrogen-bond donors (Lipinski definition) is 1. The summed E-state index contributed by atoms with van der Waals surface area (Å²) in [6, 6.07) is 0.217. The molecule has 88 valence electrons. The Labute approximate surface area is 93.5 Å². The summed E-state index contributed by atoms with van der Waals surface area (Å²) in [5.41, 5.74) is 0.574. The molecule has 0 bridgehead atoms. The van der Waals surface area contributed by atoms with E-state index in [1.165, 1.54) is 0 Å². The predicted molar refractivity (Wildman–Crippen MR) is 64.8 cm³/mol. The average Bonchev–Trinajstić information content (AvgIpc) is 2.19. The number of hydrogen-bond acceptors (Lipinski definition) is 2. The second kappa shape index (κ2) is 7.46. The predicted octanol–water partition coefficient (Wildman–Crippen LogP) is 1.80. The summed E-state index contributed by atoms with van der Waals surface area (Å²) in [6.07, 6.45) is 0.987. The minimum Gasteiger partial charge on any atom is -0.350 e. The Hall–Kier alpha value is -0.830. The summed E-state index contributed by atoms with van der Waals surface area (Å²) in [6.45, 7) is 14.8. The Morgan fingerprint density at radius 3 is 2.33 bits per heavy atom. The van der Waals surface area contributed by atoms with Gasteiger partial charge in [-0.3, -0.25) is 4.79 Å². The van der Waals surface area contributed by atoms with Crippen LogP contribution in [0.5, 0.6) is 0 Å². The Morgan fingerprint density at radius 2 is 1.93 bits per heavy atom. The third-order valence-corrected chi connectivity index (χ3v) is 2.54. The van der Waals surface area contributed by atoms with Crippen LogP contribution in [0, 0.1) is 0 Å². The SMILES string of the molecule is C=C(C)C(=O)NC(C)CCN(CC)CC. The van der Waals surface area contributed by atoms with Crippen molar-refractivity contribution in [1.82, 2.24) is 10.2 Å². The van der Waals surface area contributed by atoms with Crippen molar-refractivity contribution >= 4 is 5.91 Å². The first-order valence-corrected chi connectivity index (χ1v) is 5.69. The zero-order valence-electron chi connectivity index (χ0n) is 10.5. The lowest BCUT2D eigenvalue weighted by molar-refractivity contribution is -0.118. The maximum Gasteiger partial charge on any atom is 0.246 e. The molecule has 1 N–H and O–H groups in total. The minimum atomic E-state index is -0.0398. The monoisotopic (exact) mass is 212 g/mol. The molecule has 0 saturated heterocycles. The molecule has 0 aliphatic carbocycles. The molecule has 0 aliphatic heterocycles. The fourth-order valence-corrected chi connectivity index (χ4v) is 1.34. The highest BCUT2D eigenvalue weighted by molar-refractivity contribution is 5.92. The van der Waals surface area contributed by atoms with Crippen LogP contribution in [0.1, 0.15) is 34.1 Å². The molecule has 0 heterocycles. The minimum absolute atomic E-state index is 0.0398. The molecule has 0 spiro atoms. The van der Waals surface area contributed by atoms with E-state index in [2.05, 4.69) is 30.6 Å². The summed E-state index contributed by atoms with van der Waals surface area (Å²) in [5, 5.41) is 2.92. The van der Waals surface area contributed by atoms with E-state index >= 15 is 0 Å². The molecule has 0 aliphatic rings. The van der Waals surface area contributed by atoms with Gasteiger partial charge in [0, 0.05) is 18.2 Å². The van der Waals surface area contributed by atoms with Gasteiger partial charge in [-0.1, -0.05) is 20.4 Å². The molecule has 3 nitrogen and oxygen atoms in total. The average molecular weight is 212 g/mol. The van der Waals surface area contributed by atoms with Crippen LogP contribution in [0.15, 0.2) is 12.2 Å². The van der Waals surface area contributed by atoms with Gasteiger partial charge >= 0.3 is 0 Å². The smallest absolute Gasteiger partial charge is 0.246 e. The standard InChI is InChI=1S/C12H24N2O/c1-6-14(7-2)9-8-11(5)13-12(15)10(3)4/h11H,3,6-9H2,1-2,4-5H3,(H,13,15). The molecule has 0 aromatic rings. The third kappa shape index (κ3) is 6.28. The van der Waals surface area contributed by atoms with Crippen molar-refractivity contribution in [3.8, 4) is 0 Å². The van der Waals surface area contributed by atoms with Crippen LogP contribution in [0.25, 0.3) is 0 Å². The van der Waals surface area contributed by atoms with Gasteiger partial charge in [-0.25, -0.2) is 0 Å². The number of nitrogens with zero attached hydrogens (tertiary/aromatic N) is 1.